The summed E-state index contributed by atoms with van der Waals surface area (Å²) in [4.78, 5) is 23.4. The number of carboxylic acids is 1. The van der Waals surface area contributed by atoms with Crippen molar-refractivity contribution in [3.63, 3.8) is 0 Å². The molecule has 0 atom stereocenters. The van der Waals surface area contributed by atoms with Gasteiger partial charge in [0.2, 0.25) is 0 Å². The van der Waals surface area contributed by atoms with Crippen molar-refractivity contribution in [3.05, 3.63) is 24.0 Å². The van der Waals surface area contributed by atoms with Crippen molar-refractivity contribution < 1.29 is 14.7 Å². The molecule has 2 aliphatic carbocycles. The number of carbonyl (C=O) groups is 2. The zero-order valence-electron chi connectivity index (χ0n) is 10.8. The SMILES string of the molecule is O=C(NCC1(C(=O)O)CCC1)c1cccn1C1CC1. The Kier molecular flexibility index (Phi) is 2.84. The van der Waals surface area contributed by atoms with Crippen molar-refractivity contribution in [2.24, 2.45) is 5.41 Å². The van der Waals surface area contributed by atoms with E-state index in [2.05, 4.69) is 5.32 Å². The van der Waals surface area contributed by atoms with E-state index in [1.54, 1.807) is 6.07 Å². The number of nitrogens with one attached hydrogen (secondary N) is 1. The second-order valence-electron chi connectivity index (χ2n) is 5.65. The van der Waals surface area contributed by atoms with Crippen LogP contribution in [-0.4, -0.2) is 28.1 Å². The molecule has 0 spiro atoms. The van der Waals surface area contributed by atoms with Gasteiger partial charge in [0.05, 0.1) is 5.41 Å². The summed E-state index contributed by atoms with van der Waals surface area (Å²) in [5.41, 5.74) is -0.0884. The largest absolute Gasteiger partial charge is 0.481 e. The van der Waals surface area contributed by atoms with E-state index in [0.717, 1.165) is 19.3 Å². The lowest BCUT2D eigenvalue weighted by Gasteiger charge is -2.37. The fraction of sp³-hybridized carbons (Fsp3) is 0.571. The van der Waals surface area contributed by atoms with Crippen LogP contribution in [0.25, 0.3) is 0 Å². The molecule has 2 fully saturated rings. The van der Waals surface area contributed by atoms with Gasteiger partial charge in [0.1, 0.15) is 5.69 Å². The van der Waals surface area contributed by atoms with Crippen LogP contribution in [0, 0.1) is 5.41 Å². The van der Waals surface area contributed by atoms with Crippen molar-refractivity contribution in [1.82, 2.24) is 9.88 Å². The van der Waals surface area contributed by atoms with Crippen LogP contribution < -0.4 is 5.32 Å². The molecule has 3 rings (SSSR count). The first-order chi connectivity index (χ1) is 9.12. The molecule has 1 amide bonds. The van der Waals surface area contributed by atoms with Gasteiger partial charge in [-0.3, -0.25) is 9.59 Å². The van der Waals surface area contributed by atoms with Crippen molar-refractivity contribution >= 4 is 11.9 Å². The minimum absolute atomic E-state index is 0.163. The fourth-order valence-corrected chi connectivity index (χ4v) is 2.67. The highest BCUT2D eigenvalue weighted by molar-refractivity contribution is 5.93. The van der Waals surface area contributed by atoms with Crippen molar-refractivity contribution in [1.29, 1.82) is 0 Å². The molecule has 0 aliphatic heterocycles. The maximum absolute atomic E-state index is 12.1. The first kappa shape index (κ1) is 12.3. The van der Waals surface area contributed by atoms with E-state index in [-0.39, 0.29) is 12.5 Å². The molecule has 0 bridgehead atoms. The van der Waals surface area contributed by atoms with Gasteiger partial charge in [-0.15, -0.1) is 0 Å². The average molecular weight is 262 g/mol. The predicted molar refractivity (Wildman–Crippen MR) is 69.0 cm³/mol. The monoisotopic (exact) mass is 262 g/mol. The number of carbonyl (C=O) groups excluding carboxylic acids is 1. The lowest BCUT2D eigenvalue weighted by atomic mass is 9.69. The number of nitrogens with zero attached hydrogens (tertiary/aromatic N) is 1. The number of amides is 1. The van der Waals surface area contributed by atoms with Crippen LogP contribution in [0.4, 0.5) is 0 Å². The normalized spacial score (nSPS) is 20.6. The van der Waals surface area contributed by atoms with E-state index in [9.17, 15) is 14.7 Å². The summed E-state index contributed by atoms with van der Waals surface area (Å²) in [5, 5.41) is 12.0. The zero-order chi connectivity index (χ0) is 13.5. The molecule has 1 aromatic heterocycles. The van der Waals surface area contributed by atoms with Crippen LogP contribution in [0.5, 0.6) is 0 Å². The van der Waals surface area contributed by atoms with E-state index in [1.165, 1.54) is 0 Å². The van der Waals surface area contributed by atoms with Gasteiger partial charge >= 0.3 is 5.97 Å². The summed E-state index contributed by atoms with van der Waals surface area (Å²) in [5.74, 6) is -0.957. The van der Waals surface area contributed by atoms with Crippen LogP contribution in [0.2, 0.25) is 0 Å². The molecular formula is C14H18N2O3. The van der Waals surface area contributed by atoms with Gasteiger partial charge in [0.25, 0.3) is 5.91 Å². The van der Waals surface area contributed by atoms with Gasteiger partial charge in [-0.25, -0.2) is 0 Å². The van der Waals surface area contributed by atoms with E-state index < -0.39 is 11.4 Å². The van der Waals surface area contributed by atoms with Gasteiger partial charge < -0.3 is 15.0 Å². The van der Waals surface area contributed by atoms with E-state index in [1.807, 2.05) is 16.8 Å². The summed E-state index contributed by atoms with van der Waals surface area (Å²) in [6.45, 7) is 0.233. The summed E-state index contributed by atoms with van der Waals surface area (Å²) >= 11 is 0. The van der Waals surface area contributed by atoms with Crippen molar-refractivity contribution in [2.45, 2.75) is 38.1 Å². The Morgan fingerprint density at radius 3 is 2.68 bits per heavy atom. The number of hydrogen-bond acceptors (Lipinski definition) is 2. The molecule has 1 aromatic rings. The summed E-state index contributed by atoms with van der Waals surface area (Å²) < 4.78 is 1.99. The minimum atomic E-state index is -0.795. The van der Waals surface area contributed by atoms with Crippen molar-refractivity contribution in [2.75, 3.05) is 6.54 Å². The summed E-state index contributed by atoms with van der Waals surface area (Å²) in [7, 11) is 0. The lowest BCUT2D eigenvalue weighted by Crippen LogP contribution is -2.47. The van der Waals surface area contributed by atoms with Gasteiger partial charge in [0.15, 0.2) is 0 Å². The predicted octanol–water partition coefficient (Wildman–Crippen LogP) is 1.81. The standard InChI is InChI=1S/C14H18N2O3/c17-12(11-3-1-8-16(11)10-4-5-10)15-9-14(13(18)19)6-2-7-14/h1,3,8,10H,2,4-7,9H2,(H,15,17)(H,18,19). The number of aromatic nitrogens is 1. The molecule has 2 N–H and O–H groups in total. The van der Waals surface area contributed by atoms with Crippen LogP contribution in [0.3, 0.4) is 0 Å². The Bertz CT molecular complexity index is 513. The molecule has 1 heterocycles. The first-order valence-electron chi connectivity index (χ1n) is 6.81. The molecule has 0 aromatic carbocycles. The zero-order valence-corrected chi connectivity index (χ0v) is 10.8. The average Bonchev–Trinajstić information content (AvgIpc) is 3.04. The van der Waals surface area contributed by atoms with Crippen LogP contribution in [0.1, 0.15) is 48.6 Å². The fourth-order valence-electron chi connectivity index (χ4n) is 2.67. The third kappa shape index (κ3) is 2.13. The van der Waals surface area contributed by atoms with E-state index in [0.29, 0.717) is 24.6 Å². The summed E-state index contributed by atoms with van der Waals surface area (Å²) in [6, 6.07) is 4.11. The van der Waals surface area contributed by atoms with Crippen LogP contribution in [0.15, 0.2) is 18.3 Å². The van der Waals surface area contributed by atoms with Crippen molar-refractivity contribution in [3.8, 4) is 0 Å². The van der Waals surface area contributed by atoms with Gasteiger partial charge in [-0.05, 0) is 37.8 Å². The highest BCUT2D eigenvalue weighted by Gasteiger charge is 2.44. The van der Waals surface area contributed by atoms with E-state index >= 15 is 0 Å². The van der Waals surface area contributed by atoms with Crippen LogP contribution in [-0.2, 0) is 4.79 Å². The Balaban J connectivity index is 1.65. The molecule has 0 unspecified atom stereocenters. The molecule has 0 radical (unpaired) electrons. The Morgan fingerprint density at radius 1 is 1.42 bits per heavy atom. The lowest BCUT2D eigenvalue weighted by molar-refractivity contribution is -0.153. The Hall–Kier alpha value is -1.78. The second-order valence-corrected chi connectivity index (χ2v) is 5.65. The number of hydrogen-bond donors (Lipinski definition) is 2. The maximum atomic E-state index is 12.1. The van der Waals surface area contributed by atoms with Crippen LogP contribution >= 0.6 is 0 Å². The maximum Gasteiger partial charge on any atom is 0.311 e. The number of aliphatic carboxylic acids is 1. The highest BCUT2D eigenvalue weighted by atomic mass is 16.4. The number of rotatable bonds is 5. The highest BCUT2D eigenvalue weighted by Crippen LogP contribution is 2.40. The smallest absolute Gasteiger partial charge is 0.311 e. The number of carboxylic acid groups (broad SMARTS) is 1. The molecule has 5 heteroatoms. The third-order valence-electron chi connectivity index (χ3n) is 4.30. The molecule has 19 heavy (non-hydrogen) atoms. The minimum Gasteiger partial charge on any atom is -0.481 e. The van der Waals surface area contributed by atoms with Gasteiger partial charge in [-0.1, -0.05) is 6.42 Å². The quantitative estimate of drug-likeness (QED) is 0.850. The first-order valence-corrected chi connectivity index (χ1v) is 6.81. The Labute approximate surface area is 111 Å². The van der Waals surface area contributed by atoms with E-state index in [4.69, 9.17) is 0 Å². The molecule has 5 nitrogen and oxygen atoms in total. The molecule has 0 saturated heterocycles. The van der Waals surface area contributed by atoms with Gasteiger partial charge in [0, 0.05) is 18.8 Å². The molecule has 2 aliphatic rings. The Morgan fingerprint density at radius 2 is 2.16 bits per heavy atom. The molecule has 102 valence electrons. The van der Waals surface area contributed by atoms with Gasteiger partial charge in [-0.2, -0.15) is 0 Å². The topological polar surface area (TPSA) is 71.3 Å². The third-order valence-corrected chi connectivity index (χ3v) is 4.30. The second kappa shape index (κ2) is 4.40. The summed E-state index contributed by atoms with van der Waals surface area (Å²) in [6.07, 6.45) is 6.41. The molecular weight excluding hydrogens is 244 g/mol. The molecule has 2 saturated carbocycles.